The summed E-state index contributed by atoms with van der Waals surface area (Å²) in [7, 11) is 0. The van der Waals surface area contributed by atoms with E-state index in [-0.39, 0.29) is 0 Å². The molecule has 10 aliphatic rings. The summed E-state index contributed by atoms with van der Waals surface area (Å²) in [4.78, 5) is 6.60. The number of nitrogens with zero attached hydrogens (tertiary/aromatic N) is 2. The van der Waals surface area contributed by atoms with E-state index < -0.39 is 0 Å². The molecule has 10 fully saturated rings. The first-order valence-electron chi connectivity index (χ1n) is 33.4. The fourth-order valence-electron chi connectivity index (χ4n) is 18.7. The van der Waals surface area contributed by atoms with Gasteiger partial charge in [0.15, 0.2) is 0 Å². The molecule has 0 radical (unpaired) electrons. The second-order valence-corrected chi connectivity index (χ2v) is 27.8. The van der Waals surface area contributed by atoms with Crippen molar-refractivity contribution in [3.8, 4) is 0 Å². The van der Waals surface area contributed by atoms with Crippen molar-refractivity contribution in [1.82, 2.24) is 9.80 Å². The lowest BCUT2D eigenvalue weighted by Gasteiger charge is -2.51. The number of hydrogen-bond acceptors (Lipinski definition) is 2. The van der Waals surface area contributed by atoms with E-state index >= 15 is 0 Å². The largest absolute Gasteiger partial charge is 0.294 e. The molecule has 400 valence electrons. The van der Waals surface area contributed by atoms with Crippen molar-refractivity contribution in [2.24, 2.45) is 59.2 Å². The van der Waals surface area contributed by atoms with Crippen molar-refractivity contribution in [3.63, 3.8) is 0 Å². The van der Waals surface area contributed by atoms with Gasteiger partial charge in [-0.05, 0) is 258 Å². The smallest absolute Gasteiger partial charge is 0.0102 e. The molecule has 0 bridgehead atoms. The summed E-state index contributed by atoms with van der Waals surface area (Å²) in [6.45, 7) is 0. The minimum Gasteiger partial charge on any atom is -0.294 e. The van der Waals surface area contributed by atoms with Crippen LogP contribution in [0.5, 0.6) is 0 Å². The molecule has 10 saturated carbocycles. The first kappa shape index (κ1) is 53.3. The Morgan fingerprint density at radius 2 is 0.437 bits per heavy atom. The molecular formula is C69H114N2. The molecule has 0 aromatic heterocycles. The average molecular weight is 972 g/mol. The van der Waals surface area contributed by atoms with Crippen molar-refractivity contribution in [2.45, 2.75) is 325 Å². The lowest BCUT2D eigenvalue weighted by Crippen LogP contribution is -2.53. The van der Waals surface area contributed by atoms with Crippen LogP contribution in [-0.4, -0.2) is 46.1 Å². The van der Waals surface area contributed by atoms with Gasteiger partial charge in [-0.15, -0.1) is 0 Å². The van der Waals surface area contributed by atoms with Gasteiger partial charge in [0.25, 0.3) is 0 Å². The normalized spacial score (nSPS) is 38.9. The van der Waals surface area contributed by atoms with Crippen molar-refractivity contribution >= 4 is 0 Å². The molecule has 0 aliphatic heterocycles. The van der Waals surface area contributed by atoms with Gasteiger partial charge in [0.05, 0.1) is 0 Å². The molecule has 0 aromatic carbocycles. The van der Waals surface area contributed by atoms with Gasteiger partial charge in [-0.3, -0.25) is 9.80 Å². The third-order valence-corrected chi connectivity index (χ3v) is 23.2. The second-order valence-electron chi connectivity index (χ2n) is 27.8. The average Bonchev–Trinajstić information content (AvgIpc) is 3.44. The molecule has 0 aromatic rings. The lowest BCUT2D eigenvalue weighted by atomic mass is 9.70. The summed E-state index contributed by atoms with van der Waals surface area (Å²) in [5.74, 6) is 9.08. The minimum absolute atomic E-state index is 0.852. The Morgan fingerprint density at radius 1 is 0.211 bits per heavy atom. The summed E-state index contributed by atoms with van der Waals surface area (Å²) >= 11 is 0. The van der Waals surface area contributed by atoms with E-state index in [4.69, 9.17) is 0 Å². The highest BCUT2D eigenvalue weighted by atomic mass is 15.2. The van der Waals surface area contributed by atoms with Crippen molar-refractivity contribution < 1.29 is 0 Å². The molecule has 71 heavy (non-hydrogen) atoms. The lowest BCUT2D eigenvalue weighted by molar-refractivity contribution is -0.0101. The van der Waals surface area contributed by atoms with Gasteiger partial charge in [0.2, 0.25) is 0 Å². The van der Waals surface area contributed by atoms with E-state index in [1.165, 1.54) is 289 Å². The van der Waals surface area contributed by atoms with Crippen LogP contribution in [-0.2, 0) is 0 Å². The van der Waals surface area contributed by atoms with Crippen LogP contribution in [0.4, 0.5) is 0 Å². The molecule has 10 rings (SSSR count). The first-order chi connectivity index (χ1) is 35.2. The monoisotopic (exact) mass is 971 g/mol. The van der Waals surface area contributed by atoms with Crippen LogP contribution >= 0.6 is 0 Å². The van der Waals surface area contributed by atoms with Crippen LogP contribution < -0.4 is 0 Å². The Bertz CT molecular complexity index is 1520. The molecule has 0 spiro atoms. The second kappa shape index (κ2) is 28.3. The zero-order valence-corrected chi connectivity index (χ0v) is 46.6. The highest BCUT2D eigenvalue weighted by molar-refractivity contribution is 5.04. The van der Waals surface area contributed by atoms with E-state index in [0.29, 0.717) is 0 Å². The zero-order valence-electron chi connectivity index (χ0n) is 46.6. The quantitative estimate of drug-likeness (QED) is 0.142. The predicted molar refractivity (Wildman–Crippen MR) is 306 cm³/mol. The maximum Gasteiger partial charge on any atom is 0.0102 e. The third kappa shape index (κ3) is 15.7. The first-order valence-corrected chi connectivity index (χ1v) is 33.4. The number of rotatable bonds is 16. The molecule has 0 amide bonds. The van der Waals surface area contributed by atoms with Gasteiger partial charge >= 0.3 is 0 Å². The Hall–Kier alpha value is -1.12. The minimum atomic E-state index is 0.852. The highest BCUT2D eigenvalue weighted by Gasteiger charge is 2.42. The Morgan fingerprint density at radius 3 is 0.718 bits per heavy atom. The Labute approximate surface area is 440 Å². The van der Waals surface area contributed by atoms with Crippen LogP contribution in [0.15, 0.2) is 48.6 Å². The summed E-state index contributed by atoms with van der Waals surface area (Å²) < 4.78 is 0. The van der Waals surface area contributed by atoms with Crippen LogP contribution in [0, 0.1) is 59.2 Å². The molecule has 0 unspecified atom stereocenters. The highest BCUT2D eigenvalue weighted by Crippen LogP contribution is 2.46. The molecule has 10 aliphatic carbocycles. The van der Waals surface area contributed by atoms with E-state index in [2.05, 4.69) is 58.4 Å². The predicted octanol–water partition coefficient (Wildman–Crippen LogP) is 19.9. The molecule has 0 saturated heterocycles. The van der Waals surface area contributed by atoms with Crippen molar-refractivity contribution in [2.75, 3.05) is 0 Å². The molecule has 0 atom stereocenters. The van der Waals surface area contributed by atoms with Crippen LogP contribution in [0.3, 0.4) is 0 Å². The Kier molecular flexibility index (Phi) is 21.2. The topological polar surface area (TPSA) is 6.48 Å². The molecule has 0 N–H and O–H groups in total. The van der Waals surface area contributed by atoms with E-state index in [9.17, 15) is 0 Å². The molecule has 0 heterocycles. The third-order valence-electron chi connectivity index (χ3n) is 23.2. The van der Waals surface area contributed by atoms with Gasteiger partial charge in [-0.2, -0.15) is 0 Å². The van der Waals surface area contributed by atoms with E-state index in [1.807, 2.05) is 0 Å². The zero-order chi connectivity index (χ0) is 47.9. The number of allylic oxidation sites excluding steroid dienone is 8. The Balaban J connectivity index is 0.732. The fraction of sp³-hybridized carbons (Fsp3) is 0.884. The summed E-state index contributed by atoms with van der Waals surface area (Å²) in [6, 6.07) is 5.14. The van der Waals surface area contributed by atoms with E-state index in [1.54, 1.807) is 0 Å². The van der Waals surface area contributed by atoms with Gasteiger partial charge in [0.1, 0.15) is 0 Å². The summed E-state index contributed by atoms with van der Waals surface area (Å²) in [6.07, 6.45) is 88.0. The van der Waals surface area contributed by atoms with Crippen LogP contribution in [0.2, 0.25) is 0 Å². The van der Waals surface area contributed by atoms with Gasteiger partial charge in [-0.25, -0.2) is 0 Å². The SMILES string of the molecule is C(=CC1CCC(N(C2CCC(C=CC3CCCCC3)CC2)C2CCC(C3CCC(N(C4CCC(C=CC5CCCCC5)CC4)C4CCC(C=CC5CCCCC5)CC4)CC3)CC2)CC1)CC1CCCCC1. The molecular weight excluding hydrogens is 857 g/mol. The van der Waals surface area contributed by atoms with Gasteiger partial charge in [0, 0.05) is 36.3 Å². The maximum atomic E-state index is 3.30. The summed E-state index contributed by atoms with van der Waals surface area (Å²) in [5, 5.41) is 0. The van der Waals surface area contributed by atoms with E-state index in [0.717, 1.165) is 95.4 Å². The van der Waals surface area contributed by atoms with Crippen LogP contribution in [0.25, 0.3) is 0 Å². The maximum absolute atomic E-state index is 3.30. The van der Waals surface area contributed by atoms with Crippen LogP contribution in [0.1, 0.15) is 289 Å². The summed E-state index contributed by atoms with van der Waals surface area (Å²) in [5.41, 5.74) is 0. The van der Waals surface area contributed by atoms with Gasteiger partial charge in [-0.1, -0.05) is 138 Å². The molecule has 2 heteroatoms. The fourth-order valence-corrected chi connectivity index (χ4v) is 18.7. The number of hydrogen-bond donors (Lipinski definition) is 0. The van der Waals surface area contributed by atoms with Crippen molar-refractivity contribution in [3.05, 3.63) is 48.6 Å². The van der Waals surface area contributed by atoms with Crippen molar-refractivity contribution in [1.29, 1.82) is 0 Å². The molecule has 2 nitrogen and oxygen atoms in total. The standard InChI is InChI=1S/C69H114N2/c1-5-14-54(15-6-1)22-13-23-58-30-42-64(43-31-58)70(65-44-32-59(33-45-65)27-24-55-16-7-2-8-17-55)68-50-38-62(39-51-68)63-40-52-69(53-41-63)71(66-46-34-60(35-47-66)28-25-56-18-9-3-10-19-56)67-48-36-61(37-49-67)29-26-57-20-11-4-12-21-57/h13,23-29,54-69H,1-12,14-22,30-53H2. The van der Waals surface area contributed by atoms with Gasteiger partial charge < -0.3 is 0 Å².